The smallest absolute Gasteiger partial charge is 0.119 e. The fraction of sp³-hybridized carbons (Fsp3) is 0.611. The summed E-state index contributed by atoms with van der Waals surface area (Å²) < 4.78 is 5.80. The van der Waals surface area contributed by atoms with Crippen molar-refractivity contribution in [2.45, 2.75) is 53.0 Å². The molecule has 1 atom stereocenters. The highest BCUT2D eigenvalue weighted by Crippen LogP contribution is 2.22. The van der Waals surface area contributed by atoms with Crippen LogP contribution in [0.2, 0.25) is 0 Å². The molecule has 1 aromatic carbocycles. The molecule has 1 N–H and O–H groups in total. The highest BCUT2D eigenvalue weighted by Gasteiger charge is 2.15. The standard InChI is InChI=1S/C18H28N2O/c1-5-11-20-15(2)16-8-6-9-17(13-16)21-12-7-10-18(3,4)14-19/h6,8-9,13,15,20H,5,7,10-12H2,1-4H3. The van der Waals surface area contributed by atoms with Gasteiger partial charge in [-0.3, -0.25) is 0 Å². The number of nitrogens with one attached hydrogen (secondary N) is 1. The number of hydrogen-bond donors (Lipinski definition) is 1. The molecule has 0 aliphatic heterocycles. The monoisotopic (exact) mass is 288 g/mol. The zero-order valence-electron chi connectivity index (χ0n) is 13.8. The number of rotatable bonds is 9. The van der Waals surface area contributed by atoms with Gasteiger partial charge in [0, 0.05) is 6.04 Å². The molecule has 1 rings (SSSR count). The minimum atomic E-state index is -0.260. The van der Waals surface area contributed by atoms with E-state index in [1.165, 1.54) is 5.56 Å². The Morgan fingerprint density at radius 1 is 1.38 bits per heavy atom. The van der Waals surface area contributed by atoms with Gasteiger partial charge in [0.2, 0.25) is 0 Å². The molecule has 0 fully saturated rings. The van der Waals surface area contributed by atoms with Crippen molar-refractivity contribution in [3.63, 3.8) is 0 Å². The summed E-state index contributed by atoms with van der Waals surface area (Å²) in [6, 6.07) is 10.9. The summed E-state index contributed by atoms with van der Waals surface area (Å²) in [5.74, 6) is 0.910. The molecule has 0 aliphatic rings. The third kappa shape index (κ3) is 6.64. The molecule has 0 saturated carbocycles. The first kappa shape index (κ1) is 17.5. The highest BCUT2D eigenvalue weighted by molar-refractivity contribution is 5.30. The lowest BCUT2D eigenvalue weighted by Crippen LogP contribution is -2.19. The Balaban J connectivity index is 2.44. The lowest BCUT2D eigenvalue weighted by Gasteiger charge is -2.16. The predicted molar refractivity (Wildman–Crippen MR) is 87.3 cm³/mol. The van der Waals surface area contributed by atoms with Gasteiger partial charge in [0.15, 0.2) is 0 Å². The SMILES string of the molecule is CCCNC(C)c1cccc(OCCCC(C)(C)C#N)c1. The maximum atomic E-state index is 8.98. The Labute approximate surface area is 129 Å². The van der Waals surface area contributed by atoms with Crippen LogP contribution < -0.4 is 10.1 Å². The molecule has 0 spiro atoms. The summed E-state index contributed by atoms with van der Waals surface area (Å²) in [5.41, 5.74) is 0.988. The number of benzene rings is 1. The van der Waals surface area contributed by atoms with E-state index in [4.69, 9.17) is 10.00 Å². The maximum Gasteiger partial charge on any atom is 0.119 e. The second-order valence-electron chi connectivity index (χ2n) is 6.20. The van der Waals surface area contributed by atoms with E-state index in [1.54, 1.807) is 0 Å². The number of nitrogens with zero attached hydrogens (tertiary/aromatic N) is 1. The van der Waals surface area contributed by atoms with Crippen LogP contribution in [-0.2, 0) is 0 Å². The van der Waals surface area contributed by atoms with Gasteiger partial charge in [-0.05, 0) is 64.3 Å². The van der Waals surface area contributed by atoms with Crippen molar-refractivity contribution in [2.75, 3.05) is 13.2 Å². The summed E-state index contributed by atoms with van der Waals surface area (Å²) >= 11 is 0. The zero-order valence-corrected chi connectivity index (χ0v) is 13.8. The quantitative estimate of drug-likeness (QED) is 0.682. The minimum Gasteiger partial charge on any atom is -0.494 e. The molecule has 1 aromatic rings. The Morgan fingerprint density at radius 2 is 2.14 bits per heavy atom. The van der Waals surface area contributed by atoms with Crippen LogP contribution in [0, 0.1) is 16.7 Å². The third-order valence-electron chi connectivity index (χ3n) is 3.58. The van der Waals surface area contributed by atoms with E-state index in [0.29, 0.717) is 12.6 Å². The first-order valence-electron chi connectivity index (χ1n) is 7.86. The van der Waals surface area contributed by atoms with Crippen LogP contribution >= 0.6 is 0 Å². The Bertz CT molecular complexity index is 463. The third-order valence-corrected chi connectivity index (χ3v) is 3.58. The zero-order chi connectivity index (χ0) is 15.7. The number of nitriles is 1. The molecular formula is C18H28N2O. The molecule has 0 bridgehead atoms. The van der Waals surface area contributed by atoms with Crippen LogP contribution in [0.15, 0.2) is 24.3 Å². The van der Waals surface area contributed by atoms with Crippen molar-refractivity contribution in [1.82, 2.24) is 5.32 Å². The Kier molecular flexibility index (Phi) is 7.25. The molecule has 0 amide bonds. The van der Waals surface area contributed by atoms with Gasteiger partial charge in [-0.1, -0.05) is 19.1 Å². The summed E-state index contributed by atoms with van der Waals surface area (Å²) in [6.45, 7) is 9.95. The van der Waals surface area contributed by atoms with Gasteiger partial charge >= 0.3 is 0 Å². The average Bonchev–Trinajstić information content (AvgIpc) is 2.49. The van der Waals surface area contributed by atoms with Crippen LogP contribution in [0.4, 0.5) is 0 Å². The largest absolute Gasteiger partial charge is 0.494 e. The average molecular weight is 288 g/mol. The molecule has 1 unspecified atom stereocenters. The van der Waals surface area contributed by atoms with Crippen LogP contribution in [0.1, 0.15) is 58.6 Å². The number of hydrogen-bond acceptors (Lipinski definition) is 3. The molecular weight excluding hydrogens is 260 g/mol. The van der Waals surface area contributed by atoms with Gasteiger partial charge < -0.3 is 10.1 Å². The second kappa shape index (κ2) is 8.69. The topological polar surface area (TPSA) is 45.0 Å². The molecule has 0 heterocycles. The lowest BCUT2D eigenvalue weighted by atomic mass is 9.90. The van der Waals surface area contributed by atoms with Gasteiger partial charge in [-0.2, -0.15) is 5.26 Å². The van der Waals surface area contributed by atoms with E-state index in [-0.39, 0.29) is 5.41 Å². The normalized spacial score (nSPS) is 12.7. The van der Waals surface area contributed by atoms with E-state index in [0.717, 1.165) is 31.6 Å². The highest BCUT2D eigenvalue weighted by atomic mass is 16.5. The van der Waals surface area contributed by atoms with Crippen molar-refractivity contribution < 1.29 is 4.74 Å². The Hall–Kier alpha value is -1.53. The van der Waals surface area contributed by atoms with E-state index >= 15 is 0 Å². The fourth-order valence-corrected chi connectivity index (χ4v) is 2.11. The van der Waals surface area contributed by atoms with E-state index < -0.39 is 0 Å². The summed E-state index contributed by atoms with van der Waals surface area (Å²) in [7, 11) is 0. The van der Waals surface area contributed by atoms with Crippen LogP contribution in [-0.4, -0.2) is 13.2 Å². The molecule has 0 radical (unpaired) electrons. The van der Waals surface area contributed by atoms with Crippen molar-refractivity contribution in [1.29, 1.82) is 5.26 Å². The molecule has 0 aromatic heterocycles. The second-order valence-corrected chi connectivity index (χ2v) is 6.20. The first-order valence-corrected chi connectivity index (χ1v) is 7.86. The van der Waals surface area contributed by atoms with Crippen LogP contribution in [0.3, 0.4) is 0 Å². The fourth-order valence-electron chi connectivity index (χ4n) is 2.11. The number of ether oxygens (including phenoxy) is 1. The van der Waals surface area contributed by atoms with E-state index in [1.807, 2.05) is 26.0 Å². The van der Waals surface area contributed by atoms with Crippen molar-refractivity contribution in [2.24, 2.45) is 5.41 Å². The molecule has 0 saturated heterocycles. The summed E-state index contributed by atoms with van der Waals surface area (Å²) in [5, 5.41) is 12.5. The van der Waals surface area contributed by atoms with Crippen molar-refractivity contribution in [3.05, 3.63) is 29.8 Å². The maximum absolute atomic E-state index is 8.98. The predicted octanol–water partition coefficient (Wildman–Crippen LogP) is 4.46. The Morgan fingerprint density at radius 3 is 2.81 bits per heavy atom. The molecule has 3 nitrogen and oxygen atoms in total. The molecule has 0 aliphatic carbocycles. The summed E-state index contributed by atoms with van der Waals surface area (Å²) in [4.78, 5) is 0. The van der Waals surface area contributed by atoms with Crippen LogP contribution in [0.5, 0.6) is 5.75 Å². The lowest BCUT2D eigenvalue weighted by molar-refractivity contribution is 0.284. The van der Waals surface area contributed by atoms with Crippen molar-refractivity contribution >= 4 is 0 Å². The van der Waals surface area contributed by atoms with Gasteiger partial charge in [-0.25, -0.2) is 0 Å². The summed E-state index contributed by atoms with van der Waals surface area (Å²) in [6.07, 6.45) is 2.89. The minimum absolute atomic E-state index is 0.260. The van der Waals surface area contributed by atoms with Crippen molar-refractivity contribution in [3.8, 4) is 11.8 Å². The van der Waals surface area contributed by atoms with Gasteiger partial charge in [0.05, 0.1) is 18.1 Å². The van der Waals surface area contributed by atoms with E-state index in [9.17, 15) is 0 Å². The molecule has 3 heteroatoms. The molecule has 116 valence electrons. The van der Waals surface area contributed by atoms with Gasteiger partial charge in [-0.15, -0.1) is 0 Å². The van der Waals surface area contributed by atoms with Gasteiger partial charge in [0.1, 0.15) is 5.75 Å². The molecule has 21 heavy (non-hydrogen) atoms. The van der Waals surface area contributed by atoms with E-state index in [2.05, 4.69) is 37.4 Å². The van der Waals surface area contributed by atoms with Gasteiger partial charge in [0.25, 0.3) is 0 Å². The first-order chi connectivity index (χ1) is 9.98. The van der Waals surface area contributed by atoms with Crippen LogP contribution in [0.25, 0.3) is 0 Å².